The first-order valence-corrected chi connectivity index (χ1v) is 7.55. The van der Waals surface area contributed by atoms with Crippen molar-refractivity contribution in [3.8, 4) is 5.75 Å². The van der Waals surface area contributed by atoms with Gasteiger partial charge in [0.25, 0.3) is 0 Å². The minimum Gasteiger partial charge on any atom is -0.489 e. The zero-order valence-corrected chi connectivity index (χ0v) is 12.4. The van der Waals surface area contributed by atoms with E-state index in [0.29, 0.717) is 12.0 Å². The van der Waals surface area contributed by atoms with Crippen molar-refractivity contribution in [3.05, 3.63) is 24.0 Å². The van der Waals surface area contributed by atoms with Crippen molar-refractivity contribution in [2.24, 2.45) is 0 Å². The molecule has 1 N–H and O–H groups in total. The van der Waals surface area contributed by atoms with Crippen LogP contribution in [0.3, 0.4) is 0 Å². The maximum atomic E-state index is 5.75. The molecule has 3 heteroatoms. The second kappa shape index (κ2) is 6.90. The summed E-state index contributed by atoms with van der Waals surface area (Å²) in [6.07, 6.45) is 9.05. The molecule has 0 aromatic carbocycles. The highest BCUT2D eigenvalue weighted by atomic mass is 16.5. The van der Waals surface area contributed by atoms with Crippen LogP contribution in [-0.2, 0) is 0 Å². The van der Waals surface area contributed by atoms with Crippen molar-refractivity contribution >= 4 is 0 Å². The van der Waals surface area contributed by atoms with Crippen LogP contribution in [0, 0.1) is 0 Å². The molecule has 0 radical (unpaired) electrons. The smallest absolute Gasteiger partial charge is 0.138 e. The first-order chi connectivity index (χ1) is 9.20. The molecule has 2 unspecified atom stereocenters. The lowest BCUT2D eigenvalue weighted by Crippen LogP contribution is -2.31. The third-order valence-electron chi connectivity index (χ3n) is 3.71. The van der Waals surface area contributed by atoms with E-state index >= 15 is 0 Å². The van der Waals surface area contributed by atoms with Gasteiger partial charge in [0.15, 0.2) is 0 Å². The second-order valence-electron chi connectivity index (χ2n) is 5.72. The van der Waals surface area contributed by atoms with Gasteiger partial charge < -0.3 is 10.1 Å². The van der Waals surface area contributed by atoms with Crippen LogP contribution in [0.5, 0.6) is 5.75 Å². The molecule has 0 aliphatic heterocycles. The van der Waals surface area contributed by atoms with E-state index in [2.05, 4.69) is 23.3 Å². The third kappa shape index (κ3) is 3.93. The molecule has 2 rings (SSSR count). The highest BCUT2D eigenvalue weighted by molar-refractivity contribution is 5.28. The summed E-state index contributed by atoms with van der Waals surface area (Å²) in [7, 11) is 0. The highest BCUT2D eigenvalue weighted by Gasteiger charge is 2.28. The lowest BCUT2D eigenvalue weighted by molar-refractivity contribution is 0.241. The maximum absolute atomic E-state index is 5.75. The zero-order chi connectivity index (χ0) is 13.7. The van der Waals surface area contributed by atoms with Crippen LogP contribution in [-0.4, -0.2) is 23.7 Å². The molecule has 1 aliphatic carbocycles. The second-order valence-corrected chi connectivity index (χ2v) is 5.72. The highest BCUT2D eigenvalue weighted by Crippen LogP contribution is 2.35. The van der Waals surface area contributed by atoms with Crippen LogP contribution in [0.1, 0.15) is 57.9 Å². The Morgan fingerprint density at radius 2 is 2.21 bits per heavy atom. The van der Waals surface area contributed by atoms with E-state index in [1.54, 1.807) is 0 Å². The number of aromatic nitrogens is 1. The van der Waals surface area contributed by atoms with Gasteiger partial charge in [0.1, 0.15) is 5.75 Å². The van der Waals surface area contributed by atoms with E-state index in [-0.39, 0.29) is 6.10 Å². The third-order valence-corrected chi connectivity index (χ3v) is 3.71. The van der Waals surface area contributed by atoms with Gasteiger partial charge in [-0.15, -0.1) is 0 Å². The van der Waals surface area contributed by atoms with Crippen LogP contribution < -0.4 is 10.1 Å². The van der Waals surface area contributed by atoms with Crippen molar-refractivity contribution in [3.63, 3.8) is 0 Å². The maximum Gasteiger partial charge on any atom is 0.138 e. The SMILES string of the molecule is CCCNC1CCCC1c1cncc(OC(C)C)c1. The fraction of sp³-hybridized carbons (Fsp3) is 0.688. The Morgan fingerprint density at radius 1 is 1.37 bits per heavy atom. The van der Waals surface area contributed by atoms with Crippen LogP contribution >= 0.6 is 0 Å². The van der Waals surface area contributed by atoms with Gasteiger partial charge >= 0.3 is 0 Å². The summed E-state index contributed by atoms with van der Waals surface area (Å²) >= 11 is 0. The molecule has 1 aliphatic rings. The predicted molar refractivity (Wildman–Crippen MR) is 78.7 cm³/mol. The molecule has 1 saturated carbocycles. The Kier molecular flexibility index (Phi) is 5.20. The summed E-state index contributed by atoms with van der Waals surface area (Å²) < 4.78 is 5.75. The van der Waals surface area contributed by atoms with Crippen LogP contribution in [0.4, 0.5) is 0 Å². The summed E-state index contributed by atoms with van der Waals surface area (Å²) in [6.45, 7) is 7.42. The van der Waals surface area contributed by atoms with E-state index in [9.17, 15) is 0 Å². The van der Waals surface area contributed by atoms with Gasteiger partial charge in [-0.05, 0) is 51.3 Å². The summed E-state index contributed by atoms with van der Waals surface area (Å²) in [5.41, 5.74) is 1.32. The van der Waals surface area contributed by atoms with Crippen LogP contribution in [0.25, 0.3) is 0 Å². The fourth-order valence-corrected chi connectivity index (χ4v) is 2.91. The Hall–Kier alpha value is -1.09. The summed E-state index contributed by atoms with van der Waals surface area (Å²) in [5, 5.41) is 3.67. The monoisotopic (exact) mass is 262 g/mol. The largest absolute Gasteiger partial charge is 0.489 e. The van der Waals surface area contributed by atoms with E-state index in [0.717, 1.165) is 12.3 Å². The number of nitrogens with one attached hydrogen (secondary N) is 1. The number of nitrogens with zero attached hydrogens (tertiary/aromatic N) is 1. The number of hydrogen-bond donors (Lipinski definition) is 1. The van der Waals surface area contributed by atoms with Gasteiger partial charge in [-0.1, -0.05) is 13.3 Å². The molecule has 3 nitrogen and oxygen atoms in total. The van der Waals surface area contributed by atoms with Gasteiger partial charge in [-0.25, -0.2) is 0 Å². The minimum atomic E-state index is 0.203. The van der Waals surface area contributed by atoms with Gasteiger partial charge in [0.05, 0.1) is 12.3 Å². The van der Waals surface area contributed by atoms with Crippen molar-refractivity contribution < 1.29 is 4.74 Å². The lowest BCUT2D eigenvalue weighted by atomic mass is 9.95. The van der Waals surface area contributed by atoms with Crippen molar-refractivity contribution in [2.45, 2.75) is 64.5 Å². The Balaban J connectivity index is 2.07. The van der Waals surface area contributed by atoms with Gasteiger partial charge in [0.2, 0.25) is 0 Å². The molecule has 0 bridgehead atoms. The summed E-state index contributed by atoms with van der Waals surface area (Å²) in [5.74, 6) is 1.49. The zero-order valence-electron chi connectivity index (χ0n) is 12.4. The summed E-state index contributed by atoms with van der Waals surface area (Å²) in [4.78, 5) is 4.34. The predicted octanol–water partition coefficient (Wildman–Crippen LogP) is 3.50. The molecular weight excluding hydrogens is 236 g/mol. The lowest BCUT2D eigenvalue weighted by Gasteiger charge is -2.21. The fourth-order valence-electron chi connectivity index (χ4n) is 2.91. The average molecular weight is 262 g/mol. The molecule has 0 amide bonds. The van der Waals surface area contributed by atoms with Crippen molar-refractivity contribution in [1.82, 2.24) is 10.3 Å². The number of hydrogen-bond acceptors (Lipinski definition) is 3. The molecule has 1 aromatic rings. The van der Waals surface area contributed by atoms with E-state index < -0.39 is 0 Å². The average Bonchev–Trinajstić information content (AvgIpc) is 2.84. The van der Waals surface area contributed by atoms with Crippen LogP contribution in [0.2, 0.25) is 0 Å². The molecule has 1 fully saturated rings. The number of rotatable bonds is 6. The molecule has 1 heterocycles. The molecule has 106 valence electrons. The van der Waals surface area contributed by atoms with E-state index in [1.807, 2.05) is 26.2 Å². The summed E-state index contributed by atoms with van der Waals surface area (Å²) in [6, 6.07) is 2.78. The van der Waals surface area contributed by atoms with Crippen molar-refractivity contribution in [1.29, 1.82) is 0 Å². The molecule has 1 aromatic heterocycles. The van der Waals surface area contributed by atoms with E-state index in [1.165, 1.54) is 31.2 Å². The van der Waals surface area contributed by atoms with Crippen LogP contribution in [0.15, 0.2) is 18.5 Å². The Morgan fingerprint density at radius 3 is 2.95 bits per heavy atom. The normalized spacial score (nSPS) is 22.9. The molecular formula is C16H26N2O. The first kappa shape index (κ1) is 14.3. The molecule has 0 saturated heterocycles. The molecule has 2 atom stereocenters. The quantitative estimate of drug-likeness (QED) is 0.852. The standard InChI is InChI=1S/C16H26N2O/c1-4-8-18-16-7-5-6-15(16)13-9-14(11-17-10-13)19-12(2)3/h9-12,15-16,18H,4-8H2,1-3H3. The van der Waals surface area contributed by atoms with Gasteiger partial charge in [0, 0.05) is 18.2 Å². The molecule has 19 heavy (non-hydrogen) atoms. The number of pyridine rings is 1. The Labute approximate surface area is 116 Å². The van der Waals surface area contributed by atoms with Gasteiger partial charge in [-0.2, -0.15) is 0 Å². The van der Waals surface area contributed by atoms with Crippen molar-refractivity contribution in [2.75, 3.05) is 6.54 Å². The topological polar surface area (TPSA) is 34.2 Å². The minimum absolute atomic E-state index is 0.203. The van der Waals surface area contributed by atoms with Gasteiger partial charge in [-0.3, -0.25) is 4.98 Å². The first-order valence-electron chi connectivity index (χ1n) is 7.55. The molecule has 0 spiro atoms. The number of ether oxygens (including phenoxy) is 1. The Bertz CT molecular complexity index is 392. The van der Waals surface area contributed by atoms with E-state index in [4.69, 9.17) is 4.74 Å².